The standard InChI is InChI=1S/C24H20N4O3S/c1-3-31-24(30)18-14-17(16-8-5-4-6-9-16)10-11-19(18)28-22(29)20-15(2)27-23(32-20)21-25-12-7-13-26-21/h4-14H,3H2,1-2H3,(H,28,29). The summed E-state index contributed by atoms with van der Waals surface area (Å²) in [5.74, 6) is -0.403. The minimum atomic E-state index is -0.500. The Morgan fingerprint density at radius 2 is 1.75 bits per heavy atom. The maximum atomic E-state index is 13.0. The summed E-state index contributed by atoms with van der Waals surface area (Å²) in [5, 5.41) is 3.39. The number of aryl methyl sites for hydroxylation is 1. The number of nitrogens with zero attached hydrogens (tertiary/aromatic N) is 3. The second-order valence-corrected chi connectivity index (χ2v) is 7.81. The molecule has 0 saturated heterocycles. The lowest BCUT2D eigenvalue weighted by Gasteiger charge is -2.12. The summed E-state index contributed by atoms with van der Waals surface area (Å²) < 4.78 is 5.22. The molecule has 0 radical (unpaired) electrons. The van der Waals surface area contributed by atoms with Gasteiger partial charge in [-0.25, -0.2) is 19.7 Å². The zero-order valence-corrected chi connectivity index (χ0v) is 18.3. The fourth-order valence-corrected chi connectivity index (χ4v) is 4.04. The average molecular weight is 445 g/mol. The highest BCUT2D eigenvalue weighted by atomic mass is 32.1. The van der Waals surface area contributed by atoms with Crippen LogP contribution < -0.4 is 5.32 Å². The summed E-state index contributed by atoms with van der Waals surface area (Å²) in [6, 6.07) is 16.7. The van der Waals surface area contributed by atoms with E-state index in [1.807, 2.05) is 36.4 Å². The molecule has 2 aromatic heterocycles. The van der Waals surface area contributed by atoms with E-state index in [9.17, 15) is 9.59 Å². The van der Waals surface area contributed by atoms with Gasteiger partial charge in [-0.3, -0.25) is 4.79 Å². The van der Waals surface area contributed by atoms with E-state index in [1.54, 1.807) is 44.4 Å². The second-order valence-electron chi connectivity index (χ2n) is 6.81. The first kappa shape index (κ1) is 21.3. The van der Waals surface area contributed by atoms with Gasteiger partial charge in [-0.1, -0.05) is 36.4 Å². The predicted octanol–water partition coefficient (Wildman–Crippen LogP) is 5.00. The van der Waals surface area contributed by atoms with Gasteiger partial charge in [0, 0.05) is 12.4 Å². The Morgan fingerprint density at radius 1 is 1.00 bits per heavy atom. The number of aromatic nitrogens is 3. The monoisotopic (exact) mass is 444 g/mol. The highest BCUT2D eigenvalue weighted by Gasteiger charge is 2.21. The van der Waals surface area contributed by atoms with Crippen LogP contribution in [0.5, 0.6) is 0 Å². The van der Waals surface area contributed by atoms with Gasteiger partial charge in [0.15, 0.2) is 10.8 Å². The number of benzene rings is 2. The van der Waals surface area contributed by atoms with Crippen LogP contribution in [0.1, 0.15) is 32.6 Å². The van der Waals surface area contributed by atoms with Crippen LogP contribution in [0.15, 0.2) is 67.0 Å². The lowest BCUT2D eigenvalue weighted by atomic mass is 10.0. The predicted molar refractivity (Wildman–Crippen MR) is 124 cm³/mol. The number of amides is 1. The number of carbonyl (C=O) groups is 2. The molecule has 0 aliphatic heterocycles. The number of ether oxygens (including phenoxy) is 1. The fraction of sp³-hybridized carbons (Fsp3) is 0.125. The number of nitrogens with one attached hydrogen (secondary N) is 1. The molecular formula is C24H20N4O3S. The maximum Gasteiger partial charge on any atom is 0.340 e. The first-order chi connectivity index (χ1) is 15.6. The van der Waals surface area contributed by atoms with Crippen molar-refractivity contribution in [1.29, 1.82) is 0 Å². The Bertz CT molecular complexity index is 1260. The van der Waals surface area contributed by atoms with Crippen LogP contribution in [-0.2, 0) is 4.74 Å². The number of anilines is 1. The molecule has 0 aliphatic carbocycles. The van der Waals surface area contributed by atoms with Gasteiger partial charge in [0.05, 0.1) is 23.6 Å². The summed E-state index contributed by atoms with van der Waals surface area (Å²) in [7, 11) is 0. The third-order valence-electron chi connectivity index (χ3n) is 4.63. The highest BCUT2D eigenvalue weighted by molar-refractivity contribution is 7.17. The highest BCUT2D eigenvalue weighted by Crippen LogP contribution is 2.29. The summed E-state index contributed by atoms with van der Waals surface area (Å²) >= 11 is 1.20. The number of thiazole rings is 1. The summed E-state index contributed by atoms with van der Waals surface area (Å²) in [4.78, 5) is 38.9. The van der Waals surface area contributed by atoms with Crippen LogP contribution in [-0.4, -0.2) is 33.4 Å². The number of esters is 1. The largest absolute Gasteiger partial charge is 0.462 e. The molecule has 32 heavy (non-hydrogen) atoms. The van der Waals surface area contributed by atoms with E-state index in [2.05, 4.69) is 20.3 Å². The Balaban J connectivity index is 1.65. The minimum absolute atomic E-state index is 0.232. The molecule has 0 unspecified atom stereocenters. The SMILES string of the molecule is CCOC(=O)c1cc(-c2ccccc2)ccc1NC(=O)c1sc(-c2ncccn2)nc1C. The van der Waals surface area contributed by atoms with Gasteiger partial charge >= 0.3 is 5.97 Å². The number of hydrogen-bond acceptors (Lipinski definition) is 7. The van der Waals surface area contributed by atoms with Crippen molar-refractivity contribution in [2.75, 3.05) is 11.9 Å². The molecule has 1 N–H and O–H groups in total. The molecule has 4 rings (SSSR count). The molecule has 0 bridgehead atoms. The normalized spacial score (nSPS) is 10.6. The van der Waals surface area contributed by atoms with Gasteiger partial charge in [0.1, 0.15) is 4.88 Å². The van der Waals surface area contributed by atoms with Crippen molar-refractivity contribution in [3.8, 4) is 22.0 Å². The topological polar surface area (TPSA) is 94.1 Å². The van der Waals surface area contributed by atoms with Gasteiger partial charge in [-0.15, -0.1) is 11.3 Å². The van der Waals surface area contributed by atoms with Crippen molar-refractivity contribution >= 4 is 28.9 Å². The van der Waals surface area contributed by atoms with E-state index in [0.717, 1.165) is 11.1 Å². The van der Waals surface area contributed by atoms with E-state index in [-0.39, 0.29) is 18.1 Å². The van der Waals surface area contributed by atoms with Gasteiger partial charge < -0.3 is 10.1 Å². The molecule has 0 fully saturated rings. The van der Waals surface area contributed by atoms with Crippen molar-refractivity contribution in [3.63, 3.8) is 0 Å². The number of hydrogen-bond donors (Lipinski definition) is 1. The molecule has 1 amide bonds. The van der Waals surface area contributed by atoms with Crippen LogP contribution in [0.2, 0.25) is 0 Å². The van der Waals surface area contributed by atoms with E-state index in [4.69, 9.17) is 4.74 Å². The molecule has 2 heterocycles. The van der Waals surface area contributed by atoms with Crippen molar-refractivity contribution in [3.05, 3.63) is 83.1 Å². The molecule has 7 nitrogen and oxygen atoms in total. The number of rotatable bonds is 6. The lowest BCUT2D eigenvalue weighted by Crippen LogP contribution is -2.16. The molecule has 160 valence electrons. The van der Waals surface area contributed by atoms with Crippen molar-refractivity contribution < 1.29 is 14.3 Å². The second kappa shape index (κ2) is 9.49. The van der Waals surface area contributed by atoms with E-state index >= 15 is 0 Å². The third-order valence-corrected chi connectivity index (χ3v) is 5.78. The van der Waals surface area contributed by atoms with Crippen LogP contribution >= 0.6 is 11.3 Å². The van der Waals surface area contributed by atoms with E-state index in [0.29, 0.717) is 27.1 Å². The first-order valence-corrected chi connectivity index (χ1v) is 10.8. The molecular weight excluding hydrogens is 424 g/mol. The fourth-order valence-electron chi connectivity index (χ4n) is 3.13. The van der Waals surface area contributed by atoms with Crippen molar-refractivity contribution in [1.82, 2.24) is 15.0 Å². The maximum absolute atomic E-state index is 13.0. The number of carbonyl (C=O) groups excluding carboxylic acids is 2. The minimum Gasteiger partial charge on any atom is -0.462 e. The van der Waals surface area contributed by atoms with Crippen molar-refractivity contribution in [2.24, 2.45) is 0 Å². The van der Waals surface area contributed by atoms with Crippen molar-refractivity contribution in [2.45, 2.75) is 13.8 Å². The Morgan fingerprint density at radius 3 is 2.47 bits per heavy atom. The van der Waals surface area contributed by atoms with Gasteiger partial charge in [-0.05, 0) is 43.2 Å². The molecule has 0 spiro atoms. The molecule has 2 aromatic carbocycles. The van der Waals surface area contributed by atoms with Gasteiger partial charge in [-0.2, -0.15) is 0 Å². The smallest absolute Gasteiger partial charge is 0.340 e. The lowest BCUT2D eigenvalue weighted by molar-refractivity contribution is 0.0527. The summed E-state index contributed by atoms with van der Waals surface area (Å²) in [5.41, 5.74) is 3.04. The first-order valence-electron chi connectivity index (χ1n) is 9.99. The molecule has 0 saturated carbocycles. The molecule has 4 aromatic rings. The molecule has 8 heteroatoms. The van der Waals surface area contributed by atoms with E-state index in [1.165, 1.54) is 11.3 Å². The van der Waals surface area contributed by atoms with Crippen LogP contribution in [0, 0.1) is 6.92 Å². The summed E-state index contributed by atoms with van der Waals surface area (Å²) in [6.45, 7) is 3.73. The zero-order valence-electron chi connectivity index (χ0n) is 17.5. The van der Waals surface area contributed by atoms with Crippen LogP contribution in [0.3, 0.4) is 0 Å². The third kappa shape index (κ3) is 4.55. The van der Waals surface area contributed by atoms with Crippen LogP contribution in [0.4, 0.5) is 5.69 Å². The Labute approximate surface area is 189 Å². The molecule has 0 atom stereocenters. The van der Waals surface area contributed by atoms with Gasteiger partial charge in [0.25, 0.3) is 5.91 Å². The quantitative estimate of drug-likeness (QED) is 0.421. The van der Waals surface area contributed by atoms with Crippen LogP contribution in [0.25, 0.3) is 22.0 Å². The average Bonchev–Trinajstić information content (AvgIpc) is 3.22. The Hall–Kier alpha value is -3.91. The van der Waals surface area contributed by atoms with E-state index < -0.39 is 5.97 Å². The molecule has 0 aliphatic rings. The van der Waals surface area contributed by atoms with Gasteiger partial charge in [0.2, 0.25) is 0 Å². The Kier molecular flexibility index (Phi) is 6.32. The summed E-state index contributed by atoms with van der Waals surface area (Å²) in [6.07, 6.45) is 3.25. The zero-order chi connectivity index (χ0) is 22.5.